The Morgan fingerprint density at radius 3 is 2.33 bits per heavy atom. The summed E-state index contributed by atoms with van der Waals surface area (Å²) in [5.41, 5.74) is 5.33. The summed E-state index contributed by atoms with van der Waals surface area (Å²) in [6, 6.07) is 13.4. The van der Waals surface area contributed by atoms with Gasteiger partial charge in [-0.1, -0.05) is 18.2 Å². The maximum absolute atomic E-state index is 12.8. The van der Waals surface area contributed by atoms with Crippen LogP contribution >= 0.6 is 15.9 Å². The molecule has 0 aliphatic heterocycles. The van der Waals surface area contributed by atoms with Gasteiger partial charge in [0, 0.05) is 11.8 Å². The van der Waals surface area contributed by atoms with Crippen LogP contribution in [0.1, 0.15) is 46.7 Å². The van der Waals surface area contributed by atoms with Crippen LogP contribution in [0.5, 0.6) is 11.5 Å². The fourth-order valence-corrected chi connectivity index (χ4v) is 4.15. The van der Waals surface area contributed by atoms with Crippen LogP contribution in [0, 0.1) is 13.8 Å². The van der Waals surface area contributed by atoms with E-state index in [-0.39, 0.29) is 5.91 Å². The van der Waals surface area contributed by atoms with Gasteiger partial charge in [0.15, 0.2) is 11.5 Å². The van der Waals surface area contributed by atoms with E-state index in [9.17, 15) is 4.79 Å². The summed E-state index contributed by atoms with van der Waals surface area (Å²) in [6.45, 7) is 10.2. The SMILES string of the molecule is CCOc1ccc(Cn2cc(NC(=O)c3ccc(Cn4nc(C)c(Br)c4C)cc3)cn2)cc1OCC. The third-order valence-corrected chi connectivity index (χ3v) is 6.83. The molecule has 0 radical (unpaired) electrons. The molecule has 8 nitrogen and oxygen atoms in total. The maximum atomic E-state index is 12.8. The van der Waals surface area contributed by atoms with Crippen LogP contribution < -0.4 is 14.8 Å². The van der Waals surface area contributed by atoms with Crippen molar-refractivity contribution < 1.29 is 14.3 Å². The number of halogens is 1. The Labute approximate surface area is 219 Å². The predicted octanol–water partition coefficient (Wildman–Crippen LogP) is 5.61. The Morgan fingerprint density at radius 1 is 0.972 bits per heavy atom. The summed E-state index contributed by atoms with van der Waals surface area (Å²) in [7, 11) is 0. The highest BCUT2D eigenvalue weighted by Crippen LogP contribution is 2.29. The van der Waals surface area contributed by atoms with Crippen molar-refractivity contribution in [2.75, 3.05) is 18.5 Å². The number of rotatable bonds is 10. The summed E-state index contributed by atoms with van der Waals surface area (Å²) >= 11 is 3.56. The summed E-state index contributed by atoms with van der Waals surface area (Å²) in [5, 5.41) is 11.9. The van der Waals surface area contributed by atoms with E-state index >= 15 is 0 Å². The highest BCUT2D eigenvalue weighted by Gasteiger charge is 2.12. The molecule has 0 bridgehead atoms. The van der Waals surface area contributed by atoms with E-state index < -0.39 is 0 Å². The van der Waals surface area contributed by atoms with Gasteiger partial charge in [-0.15, -0.1) is 0 Å². The second kappa shape index (κ2) is 11.4. The summed E-state index contributed by atoms with van der Waals surface area (Å²) in [6.07, 6.45) is 3.45. The molecule has 0 aliphatic rings. The molecule has 2 aromatic heterocycles. The largest absolute Gasteiger partial charge is 0.490 e. The second-order valence-electron chi connectivity index (χ2n) is 8.37. The lowest BCUT2D eigenvalue weighted by Crippen LogP contribution is -2.12. The standard InChI is InChI=1S/C27H30BrN5O3/c1-5-35-24-12-9-21(13-25(24)36-6-2)15-32-17-23(14-29-32)30-27(34)22-10-7-20(8-11-22)16-33-19(4)26(28)18(3)31-33/h7-14,17H,5-6,15-16H2,1-4H3,(H,30,34). The van der Waals surface area contributed by atoms with E-state index in [0.29, 0.717) is 43.3 Å². The Morgan fingerprint density at radius 2 is 1.67 bits per heavy atom. The van der Waals surface area contributed by atoms with Crippen LogP contribution in [0.4, 0.5) is 5.69 Å². The zero-order valence-corrected chi connectivity index (χ0v) is 22.5. The lowest BCUT2D eigenvalue weighted by Gasteiger charge is -2.12. The fraction of sp³-hybridized carbons (Fsp3) is 0.296. The van der Waals surface area contributed by atoms with Crippen LogP contribution in [0.15, 0.2) is 59.3 Å². The fourth-order valence-electron chi connectivity index (χ4n) is 3.86. The van der Waals surface area contributed by atoms with Gasteiger partial charge in [0.25, 0.3) is 5.91 Å². The third-order valence-electron chi connectivity index (χ3n) is 5.69. The minimum absolute atomic E-state index is 0.186. The summed E-state index contributed by atoms with van der Waals surface area (Å²) < 4.78 is 16.1. The minimum Gasteiger partial charge on any atom is -0.490 e. The van der Waals surface area contributed by atoms with Crippen LogP contribution in [0.3, 0.4) is 0 Å². The first kappa shape index (κ1) is 25.5. The quantitative estimate of drug-likeness (QED) is 0.277. The molecule has 188 valence electrons. The molecule has 0 saturated carbocycles. The van der Waals surface area contributed by atoms with E-state index in [1.165, 1.54) is 0 Å². The number of nitrogens with zero attached hydrogens (tertiary/aromatic N) is 4. The zero-order chi connectivity index (χ0) is 25.7. The first-order valence-corrected chi connectivity index (χ1v) is 12.7. The number of hydrogen-bond acceptors (Lipinski definition) is 5. The normalized spacial score (nSPS) is 10.9. The number of carbonyl (C=O) groups excluding carboxylic acids is 1. The highest BCUT2D eigenvalue weighted by molar-refractivity contribution is 9.10. The Kier molecular flexibility index (Phi) is 8.10. The second-order valence-corrected chi connectivity index (χ2v) is 9.16. The molecule has 0 saturated heterocycles. The van der Waals surface area contributed by atoms with Crippen LogP contribution in [0.25, 0.3) is 0 Å². The van der Waals surface area contributed by atoms with Crippen molar-refractivity contribution in [2.24, 2.45) is 0 Å². The van der Waals surface area contributed by atoms with Gasteiger partial charge in [0.2, 0.25) is 0 Å². The molecule has 0 aliphatic carbocycles. The number of aryl methyl sites for hydroxylation is 1. The lowest BCUT2D eigenvalue weighted by atomic mass is 10.1. The number of anilines is 1. The van der Waals surface area contributed by atoms with Crippen LogP contribution in [0.2, 0.25) is 0 Å². The summed E-state index contributed by atoms with van der Waals surface area (Å²) in [4.78, 5) is 12.8. The van der Waals surface area contributed by atoms with Crippen LogP contribution in [-0.4, -0.2) is 38.7 Å². The molecule has 9 heteroatoms. The molecular weight excluding hydrogens is 522 g/mol. The smallest absolute Gasteiger partial charge is 0.255 e. The number of ether oxygens (including phenoxy) is 2. The van der Waals surface area contributed by atoms with Crippen molar-refractivity contribution in [3.05, 3.63) is 87.4 Å². The van der Waals surface area contributed by atoms with E-state index in [2.05, 4.69) is 31.4 Å². The molecule has 2 heterocycles. The molecule has 0 fully saturated rings. The van der Waals surface area contributed by atoms with Gasteiger partial charge < -0.3 is 14.8 Å². The molecule has 2 aromatic carbocycles. The van der Waals surface area contributed by atoms with Gasteiger partial charge in [0.1, 0.15) is 0 Å². The topological polar surface area (TPSA) is 83.2 Å². The number of amides is 1. The maximum Gasteiger partial charge on any atom is 0.255 e. The van der Waals surface area contributed by atoms with Crippen molar-refractivity contribution in [1.82, 2.24) is 19.6 Å². The minimum atomic E-state index is -0.186. The van der Waals surface area contributed by atoms with Gasteiger partial charge in [-0.2, -0.15) is 10.2 Å². The van der Waals surface area contributed by atoms with Gasteiger partial charge in [0.05, 0.1) is 54.0 Å². The Balaban J connectivity index is 1.38. The average molecular weight is 552 g/mol. The van der Waals surface area contributed by atoms with Crippen LogP contribution in [-0.2, 0) is 13.1 Å². The third kappa shape index (κ3) is 5.96. The first-order valence-electron chi connectivity index (χ1n) is 11.9. The first-order chi connectivity index (χ1) is 17.4. The molecule has 4 aromatic rings. The van der Waals surface area contributed by atoms with Gasteiger partial charge in [-0.3, -0.25) is 14.2 Å². The van der Waals surface area contributed by atoms with Crippen molar-refractivity contribution in [1.29, 1.82) is 0 Å². The predicted molar refractivity (Wildman–Crippen MR) is 143 cm³/mol. The van der Waals surface area contributed by atoms with E-state index in [0.717, 1.165) is 32.7 Å². The monoisotopic (exact) mass is 551 g/mol. The Bertz CT molecular complexity index is 1340. The van der Waals surface area contributed by atoms with Gasteiger partial charge in [-0.05, 0) is 79.0 Å². The van der Waals surface area contributed by atoms with Gasteiger partial charge in [-0.25, -0.2) is 0 Å². The molecule has 36 heavy (non-hydrogen) atoms. The lowest BCUT2D eigenvalue weighted by molar-refractivity contribution is 0.102. The molecule has 0 unspecified atom stereocenters. The molecular formula is C27H30BrN5O3. The van der Waals surface area contributed by atoms with E-state index in [4.69, 9.17) is 9.47 Å². The molecule has 1 amide bonds. The van der Waals surface area contributed by atoms with E-state index in [1.54, 1.807) is 10.9 Å². The molecule has 0 atom stereocenters. The van der Waals surface area contributed by atoms with E-state index in [1.807, 2.05) is 81.0 Å². The highest BCUT2D eigenvalue weighted by atomic mass is 79.9. The number of benzene rings is 2. The van der Waals surface area contributed by atoms with Gasteiger partial charge >= 0.3 is 0 Å². The summed E-state index contributed by atoms with van der Waals surface area (Å²) in [5.74, 6) is 1.26. The van der Waals surface area contributed by atoms with Crippen molar-refractivity contribution in [3.63, 3.8) is 0 Å². The number of carbonyl (C=O) groups is 1. The number of nitrogens with one attached hydrogen (secondary N) is 1. The number of aromatic nitrogens is 4. The van der Waals surface area contributed by atoms with Crippen molar-refractivity contribution in [3.8, 4) is 11.5 Å². The average Bonchev–Trinajstić information content (AvgIpc) is 3.40. The zero-order valence-electron chi connectivity index (χ0n) is 20.9. The number of hydrogen-bond donors (Lipinski definition) is 1. The molecule has 4 rings (SSSR count). The Hall–Kier alpha value is -3.59. The van der Waals surface area contributed by atoms with Crippen molar-refractivity contribution >= 4 is 27.5 Å². The molecule has 1 N–H and O–H groups in total. The van der Waals surface area contributed by atoms with Crippen molar-refractivity contribution in [2.45, 2.75) is 40.8 Å². The molecule has 0 spiro atoms.